The first-order valence-electron chi connectivity index (χ1n) is 15.4. The van der Waals surface area contributed by atoms with Gasteiger partial charge >= 0.3 is 0 Å². The van der Waals surface area contributed by atoms with Crippen LogP contribution in [-0.2, 0) is 0 Å². The first-order valence-corrected chi connectivity index (χ1v) is 15.4. The Labute approximate surface area is 261 Å². The normalized spacial score (nSPS) is 13.0. The fraction of sp³-hybridized carbons (Fsp3) is 0.0488. The Kier molecular flexibility index (Phi) is 5.75. The third-order valence-electron chi connectivity index (χ3n) is 9.08. The molecule has 0 radical (unpaired) electrons. The van der Waals surface area contributed by atoms with Gasteiger partial charge in [-0.15, -0.1) is 0 Å². The molecule has 0 bridgehead atoms. The predicted molar refractivity (Wildman–Crippen MR) is 185 cm³/mol. The highest BCUT2D eigenvalue weighted by Crippen LogP contribution is 2.35. The zero-order valence-electron chi connectivity index (χ0n) is 24.9. The Morgan fingerprint density at radius 2 is 1.00 bits per heavy atom. The minimum Gasteiger partial charge on any atom is -0.354 e. The molecule has 0 atom stereocenters. The van der Waals surface area contributed by atoms with Gasteiger partial charge < -0.3 is 9.47 Å². The van der Waals surface area contributed by atoms with Crippen molar-refractivity contribution in [1.29, 1.82) is 0 Å². The quantitative estimate of drug-likeness (QED) is 0.207. The average molecular weight is 579 g/mol. The van der Waals surface area contributed by atoms with E-state index in [0.29, 0.717) is 6.67 Å². The molecule has 0 amide bonds. The Morgan fingerprint density at radius 3 is 1.69 bits per heavy atom. The highest BCUT2D eigenvalue weighted by Gasteiger charge is 2.21. The van der Waals surface area contributed by atoms with Crippen LogP contribution >= 0.6 is 0 Å². The predicted octanol–water partition coefficient (Wildman–Crippen LogP) is 8.07. The Balaban J connectivity index is 1.33. The molecule has 45 heavy (non-hydrogen) atoms. The van der Waals surface area contributed by atoms with Gasteiger partial charge in [0, 0.05) is 34.6 Å². The second kappa shape index (κ2) is 10.1. The first kappa shape index (κ1) is 25.6. The lowest BCUT2D eigenvalue weighted by molar-refractivity contribution is 0.475. The zero-order valence-corrected chi connectivity index (χ0v) is 24.9. The summed E-state index contributed by atoms with van der Waals surface area (Å²) >= 11 is 0. The van der Waals surface area contributed by atoms with Crippen molar-refractivity contribution in [2.24, 2.45) is 4.99 Å². The monoisotopic (exact) mass is 578 g/mol. The van der Waals surface area contributed by atoms with Gasteiger partial charge in [0.15, 0.2) is 0 Å². The summed E-state index contributed by atoms with van der Waals surface area (Å²) in [5.74, 6) is 0. The number of para-hydroxylation sites is 3. The smallest absolute Gasteiger partial charge is 0.144 e. The molecule has 0 fully saturated rings. The summed E-state index contributed by atoms with van der Waals surface area (Å²) in [6.07, 6.45) is 0. The Morgan fingerprint density at radius 1 is 0.467 bits per heavy atom. The molecule has 4 heteroatoms. The van der Waals surface area contributed by atoms with Gasteiger partial charge in [0.25, 0.3) is 0 Å². The lowest BCUT2D eigenvalue weighted by Gasteiger charge is -2.23. The summed E-state index contributed by atoms with van der Waals surface area (Å²) in [4.78, 5) is 7.41. The molecule has 2 aromatic heterocycles. The Bertz CT molecular complexity index is 2510. The van der Waals surface area contributed by atoms with E-state index < -0.39 is 0 Å². The maximum Gasteiger partial charge on any atom is 0.144 e. The van der Waals surface area contributed by atoms with Crippen molar-refractivity contribution in [3.05, 3.63) is 168 Å². The highest BCUT2D eigenvalue weighted by molar-refractivity contribution is 6.10. The van der Waals surface area contributed by atoms with E-state index >= 15 is 0 Å². The van der Waals surface area contributed by atoms with Crippen molar-refractivity contribution < 1.29 is 0 Å². The largest absolute Gasteiger partial charge is 0.354 e. The minimum absolute atomic E-state index is 0.607. The number of fused-ring (bicyclic) bond motifs is 6. The third-order valence-corrected chi connectivity index (χ3v) is 9.08. The molecule has 0 unspecified atom stereocenters. The molecule has 0 aliphatic carbocycles. The SMILES string of the molecule is CN1CN=c2c(c3cc(-c4ccc5c(c4)c4ccccc4n5-c4ccccc4)ccc3n2-c2ccccc2)=C1c1ccccc1. The molecule has 214 valence electrons. The first-order chi connectivity index (χ1) is 22.3. The van der Waals surface area contributed by atoms with Crippen molar-refractivity contribution in [2.75, 3.05) is 13.7 Å². The van der Waals surface area contributed by atoms with Gasteiger partial charge in [-0.05, 0) is 71.3 Å². The standard InChI is InChI=1S/C41H30N4/c1-43-27-42-41-39(40(43)28-13-5-2-6-14-28)35-26-30(22-24-38(35)45(41)32-17-9-4-10-18-32)29-21-23-37-34(25-29)33-19-11-12-20-36(33)44(37)31-15-7-3-8-16-31/h2-26H,27H2,1H3. The molecule has 0 spiro atoms. The molecule has 0 N–H and O–H groups in total. The minimum atomic E-state index is 0.607. The fourth-order valence-corrected chi connectivity index (χ4v) is 7.08. The number of hydrogen-bond donors (Lipinski definition) is 0. The fourth-order valence-electron chi connectivity index (χ4n) is 7.08. The lowest BCUT2D eigenvalue weighted by atomic mass is 10.00. The van der Waals surface area contributed by atoms with E-state index in [0.717, 1.165) is 16.7 Å². The van der Waals surface area contributed by atoms with Crippen LogP contribution in [0, 0.1) is 0 Å². The molecule has 8 aromatic rings. The lowest BCUT2D eigenvalue weighted by Crippen LogP contribution is -2.40. The van der Waals surface area contributed by atoms with Crippen LogP contribution in [-0.4, -0.2) is 27.8 Å². The van der Waals surface area contributed by atoms with Crippen LogP contribution in [0.1, 0.15) is 5.56 Å². The van der Waals surface area contributed by atoms with Crippen LogP contribution in [0.3, 0.4) is 0 Å². The summed E-state index contributed by atoms with van der Waals surface area (Å²) < 4.78 is 4.69. The number of hydrogen-bond acceptors (Lipinski definition) is 2. The van der Waals surface area contributed by atoms with Crippen molar-refractivity contribution in [3.8, 4) is 22.5 Å². The van der Waals surface area contributed by atoms with Gasteiger partial charge in [-0.3, -0.25) is 4.57 Å². The molecular formula is C41H30N4. The van der Waals surface area contributed by atoms with Crippen molar-refractivity contribution in [1.82, 2.24) is 14.0 Å². The second-order valence-electron chi connectivity index (χ2n) is 11.7. The maximum atomic E-state index is 5.14. The van der Waals surface area contributed by atoms with Gasteiger partial charge in [0.1, 0.15) is 12.2 Å². The highest BCUT2D eigenvalue weighted by atomic mass is 15.2. The molecule has 3 heterocycles. The van der Waals surface area contributed by atoms with E-state index in [1.807, 2.05) is 0 Å². The average Bonchev–Trinajstić information content (AvgIpc) is 3.61. The van der Waals surface area contributed by atoms with E-state index in [1.165, 1.54) is 60.5 Å². The third kappa shape index (κ3) is 3.96. The summed E-state index contributed by atoms with van der Waals surface area (Å²) in [6.45, 7) is 0.607. The molecule has 1 aliphatic rings. The number of rotatable bonds is 4. The van der Waals surface area contributed by atoms with Gasteiger partial charge in [-0.1, -0.05) is 97.1 Å². The van der Waals surface area contributed by atoms with Crippen LogP contribution in [0.15, 0.2) is 157 Å². The number of nitrogens with zero attached hydrogens (tertiary/aromatic N) is 4. The molecule has 4 nitrogen and oxygen atoms in total. The summed E-state index contributed by atoms with van der Waals surface area (Å²) in [6, 6.07) is 54.4. The van der Waals surface area contributed by atoms with Crippen LogP contribution in [0.2, 0.25) is 0 Å². The van der Waals surface area contributed by atoms with E-state index in [4.69, 9.17) is 4.99 Å². The van der Waals surface area contributed by atoms with Crippen molar-refractivity contribution >= 4 is 38.4 Å². The van der Waals surface area contributed by atoms with E-state index in [1.54, 1.807) is 0 Å². The Hall–Kier alpha value is -5.87. The molecule has 1 aliphatic heterocycles. The molecular weight excluding hydrogens is 548 g/mol. The molecule has 9 rings (SSSR count). The van der Waals surface area contributed by atoms with Gasteiger partial charge in [0.05, 0.1) is 27.5 Å². The van der Waals surface area contributed by atoms with E-state index in [2.05, 4.69) is 173 Å². The maximum absolute atomic E-state index is 5.14. The second-order valence-corrected chi connectivity index (χ2v) is 11.7. The summed E-state index contributed by atoms with van der Waals surface area (Å²) in [7, 11) is 2.14. The topological polar surface area (TPSA) is 25.5 Å². The number of aromatic nitrogens is 2. The van der Waals surface area contributed by atoms with Crippen molar-refractivity contribution in [2.45, 2.75) is 0 Å². The van der Waals surface area contributed by atoms with Crippen molar-refractivity contribution in [3.63, 3.8) is 0 Å². The van der Waals surface area contributed by atoms with Gasteiger partial charge in [0.2, 0.25) is 0 Å². The summed E-state index contributed by atoms with van der Waals surface area (Å²) in [5.41, 5.74) is 11.7. The molecule has 0 saturated heterocycles. The van der Waals surface area contributed by atoms with E-state index in [-0.39, 0.29) is 0 Å². The van der Waals surface area contributed by atoms with Crippen LogP contribution in [0.4, 0.5) is 0 Å². The van der Waals surface area contributed by atoms with Crippen LogP contribution in [0.25, 0.3) is 60.9 Å². The van der Waals surface area contributed by atoms with Gasteiger partial charge in [-0.25, -0.2) is 4.99 Å². The van der Waals surface area contributed by atoms with Crippen LogP contribution < -0.4 is 10.7 Å². The zero-order chi connectivity index (χ0) is 29.9. The van der Waals surface area contributed by atoms with E-state index in [9.17, 15) is 0 Å². The molecule has 0 saturated carbocycles. The number of benzene rings is 6. The van der Waals surface area contributed by atoms with Gasteiger partial charge in [-0.2, -0.15) is 0 Å². The molecule has 6 aromatic carbocycles. The summed E-state index contributed by atoms with van der Waals surface area (Å²) in [5, 5.41) is 4.89. The van der Waals surface area contributed by atoms with Crippen LogP contribution in [0.5, 0.6) is 0 Å².